The first-order valence-electron chi connectivity index (χ1n) is 8.82. The molecular formula is C21H19FN4O3. The monoisotopic (exact) mass is 394 g/mol. The molecule has 0 aliphatic heterocycles. The van der Waals surface area contributed by atoms with Crippen molar-refractivity contribution in [3.8, 4) is 0 Å². The van der Waals surface area contributed by atoms with E-state index >= 15 is 0 Å². The van der Waals surface area contributed by atoms with Gasteiger partial charge in [-0.1, -0.05) is 42.1 Å². The molecule has 0 bridgehead atoms. The van der Waals surface area contributed by atoms with E-state index in [1.807, 2.05) is 0 Å². The normalized spacial score (nSPS) is 11.5. The van der Waals surface area contributed by atoms with Crippen molar-refractivity contribution in [2.75, 3.05) is 0 Å². The summed E-state index contributed by atoms with van der Waals surface area (Å²) in [6.45, 7) is 5.20. The number of hydrogen-bond acceptors (Lipinski definition) is 5. The first-order chi connectivity index (χ1) is 14.0. The topological polar surface area (TPSA) is 97.1 Å². The van der Waals surface area contributed by atoms with Gasteiger partial charge in [-0.05, 0) is 35.4 Å². The van der Waals surface area contributed by atoms with Gasteiger partial charge < -0.3 is 15.2 Å². The summed E-state index contributed by atoms with van der Waals surface area (Å²) in [6, 6.07) is 11.8. The number of hydrogen-bond donors (Lipinski definition) is 2. The molecule has 0 radical (unpaired) electrons. The SMILES string of the molecule is C=CC(=O)NCc1ccccc1C(=O)NC(c1ccc(F)cc1)c1noc(C)n1. The molecule has 1 unspecified atom stereocenters. The lowest BCUT2D eigenvalue weighted by atomic mass is 10.0. The van der Waals surface area contributed by atoms with Gasteiger partial charge in [0, 0.05) is 19.0 Å². The van der Waals surface area contributed by atoms with Gasteiger partial charge in [-0.25, -0.2) is 4.39 Å². The average Bonchev–Trinajstić information content (AvgIpc) is 3.17. The van der Waals surface area contributed by atoms with Crippen LogP contribution < -0.4 is 10.6 Å². The standard InChI is InChI=1S/C21H19FN4O3/c1-3-18(27)23-12-15-6-4-5-7-17(15)21(28)25-19(20-24-13(2)29-26-20)14-8-10-16(22)11-9-14/h3-11,19H,1,12H2,2H3,(H,23,27)(H,25,28). The van der Waals surface area contributed by atoms with Crippen LogP contribution in [-0.2, 0) is 11.3 Å². The van der Waals surface area contributed by atoms with Crippen molar-refractivity contribution in [2.24, 2.45) is 0 Å². The number of halogens is 1. The summed E-state index contributed by atoms with van der Waals surface area (Å²) in [5, 5.41) is 9.41. The van der Waals surface area contributed by atoms with Crippen LogP contribution >= 0.6 is 0 Å². The molecule has 0 spiro atoms. The molecule has 0 saturated heterocycles. The first-order valence-corrected chi connectivity index (χ1v) is 8.82. The summed E-state index contributed by atoms with van der Waals surface area (Å²) in [7, 11) is 0. The van der Waals surface area contributed by atoms with E-state index in [0.717, 1.165) is 6.08 Å². The lowest BCUT2D eigenvalue weighted by Gasteiger charge is -2.17. The van der Waals surface area contributed by atoms with Gasteiger partial charge in [-0.3, -0.25) is 9.59 Å². The third-order valence-corrected chi connectivity index (χ3v) is 4.18. The Kier molecular flexibility index (Phi) is 6.13. The molecule has 0 saturated carbocycles. The molecule has 0 aliphatic carbocycles. The Morgan fingerprint density at radius 3 is 2.59 bits per heavy atom. The predicted molar refractivity (Wildman–Crippen MR) is 103 cm³/mol. The molecule has 7 nitrogen and oxygen atoms in total. The predicted octanol–water partition coefficient (Wildman–Crippen LogP) is 2.84. The quantitative estimate of drug-likeness (QED) is 0.601. The van der Waals surface area contributed by atoms with Crippen LogP contribution in [0.4, 0.5) is 4.39 Å². The molecule has 3 rings (SSSR count). The van der Waals surface area contributed by atoms with Crippen molar-refractivity contribution in [3.05, 3.63) is 95.4 Å². The fourth-order valence-corrected chi connectivity index (χ4v) is 2.74. The van der Waals surface area contributed by atoms with Gasteiger partial charge in [0.15, 0.2) is 5.82 Å². The second-order valence-corrected chi connectivity index (χ2v) is 6.21. The number of nitrogens with one attached hydrogen (secondary N) is 2. The summed E-state index contributed by atoms with van der Waals surface area (Å²) < 4.78 is 18.4. The van der Waals surface area contributed by atoms with Crippen LogP contribution in [0.1, 0.15) is 39.2 Å². The second kappa shape index (κ2) is 8.92. The summed E-state index contributed by atoms with van der Waals surface area (Å²) in [5.74, 6) is -0.544. The maximum absolute atomic E-state index is 13.3. The minimum atomic E-state index is -0.739. The fraction of sp³-hybridized carbons (Fsp3) is 0.143. The van der Waals surface area contributed by atoms with E-state index in [4.69, 9.17) is 4.52 Å². The molecule has 2 aromatic carbocycles. The van der Waals surface area contributed by atoms with Crippen LogP contribution in [0.25, 0.3) is 0 Å². The minimum Gasteiger partial charge on any atom is -0.348 e. The van der Waals surface area contributed by atoms with Gasteiger partial charge in [0.25, 0.3) is 5.91 Å². The number of benzene rings is 2. The summed E-state index contributed by atoms with van der Waals surface area (Å²) >= 11 is 0. The number of rotatable bonds is 7. The van der Waals surface area contributed by atoms with E-state index in [0.29, 0.717) is 22.6 Å². The van der Waals surface area contributed by atoms with E-state index in [9.17, 15) is 14.0 Å². The summed E-state index contributed by atoms with van der Waals surface area (Å²) in [5.41, 5.74) is 1.60. The van der Waals surface area contributed by atoms with Crippen LogP contribution in [0.3, 0.4) is 0 Å². The zero-order valence-corrected chi connectivity index (χ0v) is 15.7. The lowest BCUT2D eigenvalue weighted by molar-refractivity contribution is -0.116. The highest BCUT2D eigenvalue weighted by Gasteiger charge is 2.23. The molecule has 1 aromatic heterocycles. The molecular weight excluding hydrogens is 375 g/mol. The van der Waals surface area contributed by atoms with Crippen molar-refractivity contribution in [3.63, 3.8) is 0 Å². The largest absolute Gasteiger partial charge is 0.348 e. The molecule has 2 amide bonds. The van der Waals surface area contributed by atoms with E-state index in [-0.39, 0.29) is 18.3 Å². The number of amides is 2. The van der Waals surface area contributed by atoms with Crippen LogP contribution in [0.2, 0.25) is 0 Å². The Hall–Kier alpha value is -3.81. The molecule has 3 aromatic rings. The highest BCUT2D eigenvalue weighted by atomic mass is 19.1. The highest BCUT2D eigenvalue weighted by molar-refractivity contribution is 5.96. The zero-order chi connectivity index (χ0) is 20.8. The van der Waals surface area contributed by atoms with Crippen LogP contribution in [-0.4, -0.2) is 22.0 Å². The molecule has 148 valence electrons. The molecule has 0 fully saturated rings. The number of carbonyl (C=O) groups excluding carboxylic acids is 2. The molecule has 1 atom stereocenters. The zero-order valence-electron chi connectivity index (χ0n) is 15.7. The van der Waals surface area contributed by atoms with Gasteiger partial charge in [0.1, 0.15) is 11.9 Å². The number of aryl methyl sites for hydroxylation is 1. The molecule has 2 N–H and O–H groups in total. The Morgan fingerprint density at radius 1 is 1.21 bits per heavy atom. The molecule has 0 aliphatic rings. The third-order valence-electron chi connectivity index (χ3n) is 4.18. The highest BCUT2D eigenvalue weighted by Crippen LogP contribution is 2.21. The van der Waals surface area contributed by atoms with Crippen LogP contribution in [0.5, 0.6) is 0 Å². The minimum absolute atomic E-state index is 0.164. The van der Waals surface area contributed by atoms with Crippen LogP contribution in [0, 0.1) is 12.7 Å². The van der Waals surface area contributed by atoms with E-state index in [1.54, 1.807) is 43.3 Å². The average molecular weight is 394 g/mol. The van der Waals surface area contributed by atoms with Crippen molar-refractivity contribution in [2.45, 2.75) is 19.5 Å². The summed E-state index contributed by atoms with van der Waals surface area (Å²) in [6.07, 6.45) is 1.16. The van der Waals surface area contributed by atoms with Gasteiger partial charge in [0.05, 0.1) is 0 Å². The van der Waals surface area contributed by atoms with Gasteiger partial charge in [-0.15, -0.1) is 0 Å². The van der Waals surface area contributed by atoms with Crippen molar-refractivity contribution in [1.29, 1.82) is 0 Å². The number of nitrogens with zero attached hydrogens (tertiary/aromatic N) is 2. The lowest BCUT2D eigenvalue weighted by Crippen LogP contribution is -2.31. The maximum atomic E-state index is 13.3. The van der Waals surface area contributed by atoms with E-state index in [2.05, 4.69) is 27.4 Å². The van der Waals surface area contributed by atoms with E-state index < -0.39 is 17.8 Å². The Morgan fingerprint density at radius 2 is 1.93 bits per heavy atom. The van der Waals surface area contributed by atoms with Gasteiger partial charge >= 0.3 is 0 Å². The molecule has 1 heterocycles. The van der Waals surface area contributed by atoms with Crippen molar-refractivity contribution < 1.29 is 18.5 Å². The smallest absolute Gasteiger partial charge is 0.252 e. The molecule has 29 heavy (non-hydrogen) atoms. The first kappa shape index (κ1) is 19.9. The number of aromatic nitrogens is 2. The summed E-state index contributed by atoms with van der Waals surface area (Å²) in [4.78, 5) is 28.7. The third kappa shape index (κ3) is 4.92. The fourth-order valence-electron chi connectivity index (χ4n) is 2.74. The Labute approximate surface area is 166 Å². The second-order valence-electron chi connectivity index (χ2n) is 6.21. The molecule has 8 heteroatoms. The maximum Gasteiger partial charge on any atom is 0.252 e. The van der Waals surface area contributed by atoms with Gasteiger partial charge in [0.2, 0.25) is 11.8 Å². The van der Waals surface area contributed by atoms with E-state index in [1.165, 1.54) is 12.1 Å². The van der Waals surface area contributed by atoms with Crippen molar-refractivity contribution in [1.82, 2.24) is 20.8 Å². The Balaban J connectivity index is 1.88. The Bertz CT molecular complexity index is 1030. The van der Waals surface area contributed by atoms with Crippen LogP contribution in [0.15, 0.2) is 65.7 Å². The number of carbonyl (C=O) groups is 2. The van der Waals surface area contributed by atoms with Crippen molar-refractivity contribution >= 4 is 11.8 Å². The van der Waals surface area contributed by atoms with Gasteiger partial charge in [-0.2, -0.15) is 4.98 Å².